The zero-order valence-corrected chi connectivity index (χ0v) is 10.5. The van der Waals surface area contributed by atoms with E-state index in [1.807, 2.05) is 25.1 Å². The Labute approximate surface area is 97.7 Å². The van der Waals surface area contributed by atoms with Crippen molar-refractivity contribution in [1.82, 2.24) is 0 Å². The lowest BCUT2D eigenvalue weighted by Gasteiger charge is -2.15. The summed E-state index contributed by atoms with van der Waals surface area (Å²) < 4.78 is 6.04. The highest BCUT2D eigenvalue weighted by Crippen LogP contribution is 2.26. The maximum atomic E-state index is 6.02. The average Bonchev–Trinajstić information content (AvgIpc) is 2.12. The Balaban J connectivity index is 2.70. The third-order valence-corrected chi connectivity index (χ3v) is 2.57. The van der Waals surface area contributed by atoms with Crippen LogP contribution in [-0.4, -0.2) is 19.8 Å². The molecule has 4 heteroatoms. The van der Waals surface area contributed by atoms with E-state index in [-0.39, 0.29) is 6.04 Å². The molecular formula is C10H13BrClNO. The molecule has 1 aromatic carbocycles. The highest BCUT2D eigenvalue weighted by Gasteiger charge is 2.05. The van der Waals surface area contributed by atoms with Gasteiger partial charge < -0.3 is 10.1 Å². The molecule has 0 aliphatic rings. The lowest BCUT2D eigenvalue weighted by Crippen LogP contribution is -2.20. The van der Waals surface area contributed by atoms with Gasteiger partial charge in [-0.3, -0.25) is 0 Å². The molecule has 1 atom stereocenters. The van der Waals surface area contributed by atoms with Gasteiger partial charge in [-0.05, 0) is 25.1 Å². The molecular weight excluding hydrogens is 265 g/mol. The number of nitrogens with one attached hydrogen (secondary N) is 1. The topological polar surface area (TPSA) is 21.3 Å². The maximum Gasteiger partial charge on any atom is 0.0661 e. The first kappa shape index (κ1) is 11.8. The molecule has 0 spiro atoms. The highest BCUT2D eigenvalue weighted by atomic mass is 79.9. The summed E-state index contributed by atoms with van der Waals surface area (Å²) in [5, 5.41) is 3.98. The standard InChI is InChI=1S/C10H13BrClNO/c1-7(6-14-2)13-10-5-8(11)3-4-9(10)12/h3-5,7,13H,6H2,1-2H3. The van der Waals surface area contributed by atoms with Gasteiger partial charge in [0.15, 0.2) is 0 Å². The van der Waals surface area contributed by atoms with Crippen LogP contribution in [0.5, 0.6) is 0 Å². The maximum absolute atomic E-state index is 6.02. The highest BCUT2D eigenvalue weighted by molar-refractivity contribution is 9.10. The second-order valence-corrected chi connectivity index (χ2v) is 4.45. The van der Waals surface area contributed by atoms with Gasteiger partial charge in [0.05, 0.1) is 17.3 Å². The zero-order chi connectivity index (χ0) is 10.6. The van der Waals surface area contributed by atoms with Gasteiger partial charge in [-0.15, -0.1) is 0 Å². The normalized spacial score (nSPS) is 12.6. The van der Waals surface area contributed by atoms with Crippen LogP contribution in [0.15, 0.2) is 22.7 Å². The summed E-state index contributed by atoms with van der Waals surface area (Å²) in [6.45, 7) is 2.70. The van der Waals surface area contributed by atoms with E-state index in [0.717, 1.165) is 15.2 Å². The van der Waals surface area contributed by atoms with Crippen LogP contribution in [0.3, 0.4) is 0 Å². The zero-order valence-electron chi connectivity index (χ0n) is 8.18. The Hall–Kier alpha value is -0.250. The van der Waals surface area contributed by atoms with Crippen molar-refractivity contribution < 1.29 is 4.74 Å². The van der Waals surface area contributed by atoms with E-state index in [4.69, 9.17) is 16.3 Å². The van der Waals surface area contributed by atoms with Gasteiger partial charge in [0, 0.05) is 17.6 Å². The number of benzene rings is 1. The number of hydrogen-bond donors (Lipinski definition) is 1. The molecule has 1 unspecified atom stereocenters. The van der Waals surface area contributed by atoms with Crippen molar-refractivity contribution in [3.05, 3.63) is 27.7 Å². The van der Waals surface area contributed by atoms with E-state index in [9.17, 15) is 0 Å². The van der Waals surface area contributed by atoms with E-state index < -0.39 is 0 Å². The molecule has 0 aliphatic heterocycles. The van der Waals surface area contributed by atoms with E-state index in [1.54, 1.807) is 7.11 Å². The Morgan fingerprint density at radius 2 is 2.29 bits per heavy atom. The quantitative estimate of drug-likeness (QED) is 0.909. The summed E-state index contributed by atoms with van der Waals surface area (Å²) in [6, 6.07) is 5.96. The molecule has 0 aliphatic carbocycles. The van der Waals surface area contributed by atoms with Crippen LogP contribution in [0.4, 0.5) is 5.69 Å². The van der Waals surface area contributed by atoms with Crippen molar-refractivity contribution >= 4 is 33.2 Å². The lowest BCUT2D eigenvalue weighted by atomic mass is 10.3. The molecule has 1 N–H and O–H groups in total. The summed E-state index contributed by atoms with van der Waals surface area (Å²) in [5.41, 5.74) is 0.922. The second-order valence-electron chi connectivity index (χ2n) is 3.12. The van der Waals surface area contributed by atoms with Crippen LogP contribution in [0, 0.1) is 0 Å². The molecule has 0 aromatic heterocycles. The molecule has 0 amide bonds. The van der Waals surface area contributed by atoms with E-state index in [1.165, 1.54) is 0 Å². The number of methoxy groups -OCH3 is 1. The summed E-state index contributed by atoms with van der Waals surface area (Å²) in [7, 11) is 1.68. The Kier molecular flexibility index (Phi) is 4.72. The summed E-state index contributed by atoms with van der Waals surface area (Å²) >= 11 is 9.41. The minimum absolute atomic E-state index is 0.242. The predicted octanol–water partition coefficient (Wildman–Crippen LogP) is 3.55. The first-order valence-electron chi connectivity index (χ1n) is 4.34. The van der Waals surface area contributed by atoms with Gasteiger partial charge in [0.2, 0.25) is 0 Å². The number of halogens is 2. The molecule has 0 bridgehead atoms. The molecule has 0 fully saturated rings. The number of hydrogen-bond acceptors (Lipinski definition) is 2. The smallest absolute Gasteiger partial charge is 0.0661 e. The lowest BCUT2D eigenvalue weighted by molar-refractivity contribution is 0.190. The van der Waals surface area contributed by atoms with Gasteiger partial charge in [0.25, 0.3) is 0 Å². The fraction of sp³-hybridized carbons (Fsp3) is 0.400. The molecule has 2 nitrogen and oxygen atoms in total. The minimum atomic E-state index is 0.242. The van der Waals surface area contributed by atoms with Gasteiger partial charge >= 0.3 is 0 Å². The third-order valence-electron chi connectivity index (χ3n) is 1.75. The molecule has 78 valence electrons. The van der Waals surface area contributed by atoms with E-state index in [2.05, 4.69) is 21.2 Å². The number of ether oxygens (including phenoxy) is 1. The average molecular weight is 279 g/mol. The van der Waals surface area contributed by atoms with Crippen molar-refractivity contribution in [2.45, 2.75) is 13.0 Å². The largest absolute Gasteiger partial charge is 0.383 e. The summed E-state index contributed by atoms with van der Waals surface area (Å²) in [6.07, 6.45) is 0. The molecule has 0 saturated carbocycles. The fourth-order valence-electron chi connectivity index (χ4n) is 1.17. The Morgan fingerprint density at radius 1 is 1.57 bits per heavy atom. The molecule has 0 saturated heterocycles. The van der Waals surface area contributed by atoms with Gasteiger partial charge in [-0.1, -0.05) is 27.5 Å². The number of rotatable bonds is 4. The van der Waals surface area contributed by atoms with Crippen molar-refractivity contribution in [3.63, 3.8) is 0 Å². The van der Waals surface area contributed by atoms with Crippen molar-refractivity contribution in [2.24, 2.45) is 0 Å². The monoisotopic (exact) mass is 277 g/mol. The van der Waals surface area contributed by atoms with Crippen molar-refractivity contribution in [3.8, 4) is 0 Å². The molecule has 0 radical (unpaired) electrons. The van der Waals surface area contributed by atoms with Gasteiger partial charge in [0.1, 0.15) is 0 Å². The van der Waals surface area contributed by atoms with Crippen LogP contribution in [-0.2, 0) is 4.74 Å². The van der Waals surface area contributed by atoms with Crippen LogP contribution in [0.1, 0.15) is 6.92 Å². The molecule has 1 aromatic rings. The van der Waals surface area contributed by atoms with Crippen LogP contribution < -0.4 is 5.32 Å². The van der Waals surface area contributed by atoms with Crippen molar-refractivity contribution in [2.75, 3.05) is 19.0 Å². The summed E-state index contributed by atoms with van der Waals surface area (Å²) in [4.78, 5) is 0. The fourth-order valence-corrected chi connectivity index (χ4v) is 1.70. The SMILES string of the molecule is COCC(C)Nc1cc(Br)ccc1Cl. The first-order valence-corrected chi connectivity index (χ1v) is 5.51. The minimum Gasteiger partial charge on any atom is -0.383 e. The van der Waals surface area contributed by atoms with Gasteiger partial charge in [-0.2, -0.15) is 0 Å². The molecule has 14 heavy (non-hydrogen) atoms. The Morgan fingerprint density at radius 3 is 2.93 bits per heavy atom. The van der Waals surface area contributed by atoms with Crippen LogP contribution in [0.2, 0.25) is 5.02 Å². The van der Waals surface area contributed by atoms with Crippen molar-refractivity contribution in [1.29, 1.82) is 0 Å². The number of anilines is 1. The van der Waals surface area contributed by atoms with E-state index in [0.29, 0.717) is 6.61 Å². The van der Waals surface area contributed by atoms with E-state index >= 15 is 0 Å². The van der Waals surface area contributed by atoms with Crippen LogP contribution >= 0.6 is 27.5 Å². The molecule has 0 heterocycles. The van der Waals surface area contributed by atoms with Gasteiger partial charge in [-0.25, -0.2) is 0 Å². The predicted molar refractivity (Wildman–Crippen MR) is 64.1 cm³/mol. The first-order chi connectivity index (χ1) is 6.63. The molecule has 1 rings (SSSR count). The Bertz CT molecular complexity index is 306. The third kappa shape index (κ3) is 3.48. The second kappa shape index (κ2) is 5.59. The summed E-state index contributed by atoms with van der Waals surface area (Å²) in [5.74, 6) is 0. The van der Waals surface area contributed by atoms with Crippen LogP contribution in [0.25, 0.3) is 0 Å².